The summed E-state index contributed by atoms with van der Waals surface area (Å²) in [6.45, 7) is -3.26. The number of benzene rings is 1. The number of hydrogen-bond donors (Lipinski definition) is 1. The lowest BCUT2D eigenvalue weighted by atomic mass is 10.2. The highest BCUT2D eigenvalue weighted by Crippen LogP contribution is 2.22. The van der Waals surface area contributed by atoms with Gasteiger partial charge in [-0.1, -0.05) is 18.2 Å². The molecule has 0 saturated heterocycles. The van der Waals surface area contributed by atoms with Gasteiger partial charge in [0.2, 0.25) is 5.91 Å². The minimum Gasteiger partial charge on any atom is -0.435 e. The molecule has 9 heteroatoms. The molecule has 22 heavy (non-hydrogen) atoms. The highest BCUT2D eigenvalue weighted by atomic mass is 32.2. The molecule has 6 nitrogen and oxygen atoms in total. The number of carbonyl (C=O) groups excluding carboxylic acids is 1. The van der Waals surface area contributed by atoms with Crippen LogP contribution in [0.4, 0.5) is 8.78 Å². The van der Waals surface area contributed by atoms with Crippen molar-refractivity contribution < 1.29 is 26.7 Å². The van der Waals surface area contributed by atoms with Crippen LogP contribution in [0.25, 0.3) is 0 Å². The van der Waals surface area contributed by atoms with Crippen molar-refractivity contribution in [1.29, 1.82) is 5.26 Å². The van der Waals surface area contributed by atoms with Crippen molar-refractivity contribution in [2.75, 3.05) is 12.3 Å². The van der Waals surface area contributed by atoms with Crippen LogP contribution in [0, 0.1) is 11.3 Å². The standard InChI is InChI=1S/C13H14F2N2O4S/c14-13(15)21-11-4-2-1-3-10(11)9-22(19,20)8-5-12(18)17-7-6-16/h1-4,13H,5,7-9H2,(H,17,18). The van der Waals surface area contributed by atoms with Crippen molar-refractivity contribution in [2.24, 2.45) is 0 Å². The zero-order chi connectivity index (χ0) is 16.6. The summed E-state index contributed by atoms with van der Waals surface area (Å²) in [5.41, 5.74) is 0.0974. The fourth-order valence-electron chi connectivity index (χ4n) is 1.62. The molecular weight excluding hydrogens is 318 g/mol. The third kappa shape index (κ3) is 6.49. The highest BCUT2D eigenvalue weighted by molar-refractivity contribution is 7.90. The predicted molar refractivity (Wildman–Crippen MR) is 73.8 cm³/mol. The molecule has 0 atom stereocenters. The zero-order valence-electron chi connectivity index (χ0n) is 11.5. The molecule has 0 unspecified atom stereocenters. The van der Waals surface area contributed by atoms with Gasteiger partial charge in [0, 0.05) is 12.0 Å². The van der Waals surface area contributed by atoms with Gasteiger partial charge in [-0.2, -0.15) is 14.0 Å². The highest BCUT2D eigenvalue weighted by Gasteiger charge is 2.18. The fourth-order valence-corrected chi connectivity index (χ4v) is 2.97. The molecule has 0 heterocycles. The summed E-state index contributed by atoms with van der Waals surface area (Å²) in [5.74, 6) is -1.74. The monoisotopic (exact) mass is 332 g/mol. The molecule has 0 bridgehead atoms. The van der Waals surface area contributed by atoms with Crippen LogP contribution in [-0.2, 0) is 20.4 Å². The first-order chi connectivity index (χ1) is 10.3. The smallest absolute Gasteiger partial charge is 0.387 e. The van der Waals surface area contributed by atoms with E-state index >= 15 is 0 Å². The van der Waals surface area contributed by atoms with Gasteiger partial charge in [-0.15, -0.1) is 0 Å². The maximum absolute atomic E-state index is 12.3. The van der Waals surface area contributed by atoms with Crippen LogP contribution in [0.1, 0.15) is 12.0 Å². The van der Waals surface area contributed by atoms with Crippen LogP contribution in [0.5, 0.6) is 5.75 Å². The van der Waals surface area contributed by atoms with Crippen molar-refractivity contribution in [3.05, 3.63) is 29.8 Å². The molecule has 0 saturated carbocycles. The lowest BCUT2D eigenvalue weighted by Crippen LogP contribution is -2.26. The van der Waals surface area contributed by atoms with Gasteiger partial charge in [0.05, 0.1) is 17.6 Å². The van der Waals surface area contributed by atoms with Gasteiger partial charge in [0.25, 0.3) is 0 Å². The molecule has 0 aromatic heterocycles. The Morgan fingerprint density at radius 2 is 2.05 bits per heavy atom. The molecule has 1 amide bonds. The Morgan fingerprint density at radius 1 is 1.36 bits per heavy atom. The largest absolute Gasteiger partial charge is 0.435 e. The summed E-state index contributed by atoms with van der Waals surface area (Å²) in [5, 5.41) is 10.5. The van der Waals surface area contributed by atoms with E-state index in [1.807, 2.05) is 0 Å². The molecule has 1 aromatic carbocycles. The number of carbonyl (C=O) groups is 1. The Balaban J connectivity index is 2.69. The van der Waals surface area contributed by atoms with Crippen LogP contribution >= 0.6 is 0 Å². The maximum atomic E-state index is 12.3. The average Bonchev–Trinajstić information content (AvgIpc) is 2.44. The number of halogens is 2. The third-order valence-corrected chi connectivity index (χ3v) is 4.15. The summed E-state index contributed by atoms with van der Waals surface area (Å²) in [4.78, 5) is 11.3. The molecule has 120 valence electrons. The van der Waals surface area contributed by atoms with Gasteiger partial charge in [-0.3, -0.25) is 4.79 Å². The van der Waals surface area contributed by atoms with Crippen LogP contribution in [0.2, 0.25) is 0 Å². The van der Waals surface area contributed by atoms with Gasteiger partial charge >= 0.3 is 6.61 Å². The molecular formula is C13H14F2N2O4S. The summed E-state index contributed by atoms with van der Waals surface area (Å²) in [6, 6.07) is 7.26. The molecule has 0 aliphatic carbocycles. The molecule has 0 aliphatic heterocycles. The van der Waals surface area contributed by atoms with Crippen molar-refractivity contribution in [3.63, 3.8) is 0 Å². The Morgan fingerprint density at radius 3 is 2.68 bits per heavy atom. The first kappa shape index (κ1) is 17.8. The molecule has 0 radical (unpaired) electrons. The van der Waals surface area contributed by atoms with Crippen LogP contribution in [0.15, 0.2) is 24.3 Å². The quantitative estimate of drug-likeness (QED) is 0.722. The number of amides is 1. The van der Waals surface area contributed by atoms with E-state index in [9.17, 15) is 22.0 Å². The van der Waals surface area contributed by atoms with E-state index in [-0.39, 0.29) is 24.3 Å². The van der Waals surface area contributed by atoms with E-state index in [0.29, 0.717) is 0 Å². The molecule has 1 N–H and O–H groups in total. The second-order valence-corrected chi connectivity index (χ2v) is 6.45. The number of nitriles is 1. The second kappa shape index (κ2) is 8.29. The topological polar surface area (TPSA) is 96.3 Å². The molecule has 0 spiro atoms. The van der Waals surface area contributed by atoms with E-state index in [2.05, 4.69) is 10.1 Å². The molecule has 0 aliphatic rings. The van der Waals surface area contributed by atoms with Crippen molar-refractivity contribution in [1.82, 2.24) is 5.32 Å². The number of alkyl halides is 2. The fraction of sp³-hybridized carbons (Fsp3) is 0.385. The van der Waals surface area contributed by atoms with Gasteiger partial charge in [-0.05, 0) is 6.07 Å². The first-order valence-electron chi connectivity index (χ1n) is 6.21. The van der Waals surface area contributed by atoms with Gasteiger partial charge < -0.3 is 10.1 Å². The Kier molecular flexibility index (Phi) is 6.72. The molecule has 1 aromatic rings. The summed E-state index contributed by atoms with van der Waals surface area (Å²) < 4.78 is 52.6. The second-order valence-electron chi connectivity index (χ2n) is 4.26. The van der Waals surface area contributed by atoms with Gasteiger partial charge in [-0.25, -0.2) is 8.42 Å². The third-order valence-electron chi connectivity index (χ3n) is 2.57. The summed E-state index contributed by atoms with van der Waals surface area (Å²) >= 11 is 0. The predicted octanol–water partition coefficient (Wildman–Crippen LogP) is 1.23. The Labute approximate surface area is 126 Å². The SMILES string of the molecule is N#CCNC(=O)CCS(=O)(=O)Cc1ccccc1OC(F)F. The average molecular weight is 332 g/mol. The van der Waals surface area contributed by atoms with E-state index in [4.69, 9.17) is 5.26 Å². The van der Waals surface area contributed by atoms with E-state index in [1.54, 1.807) is 6.07 Å². The van der Waals surface area contributed by atoms with E-state index in [0.717, 1.165) is 0 Å². The Hall–Kier alpha value is -2.21. The van der Waals surface area contributed by atoms with Crippen molar-refractivity contribution >= 4 is 15.7 Å². The normalized spacial score (nSPS) is 11.0. The van der Waals surface area contributed by atoms with Gasteiger partial charge in [0.1, 0.15) is 12.3 Å². The van der Waals surface area contributed by atoms with Crippen LogP contribution in [-0.4, -0.2) is 33.2 Å². The van der Waals surface area contributed by atoms with E-state index < -0.39 is 33.9 Å². The summed E-state index contributed by atoms with van der Waals surface area (Å²) in [7, 11) is -3.68. The Bertz CT molecular complexity index is 656. The van der Waals surface area contributed by atoms with Crippen molar-refractivity contribution in [3.8, 4) is 11.8 Å². The molecule has 1 rings (SSSR count). The number of rotatable bonds is 8. The van der Waals surface area contributed by atoms with E-state index in [1.165, 1.54) is 24.3 Å². The number of nitrogens with one attached hydrogen (secondary N) is 1. The van der Waals surface area contributed by atoms with Crippen LogP contribution < -0.4 is 10.1 Å². The maximum Gasteiger partial charge on any atom is 0.387 e. The van der Waals surface area contributed by atoms with Gasteiger partial charge in [0.15, 0.2) is 9.84 Å². The molecule has 0 fully saturated rings. The summed E-state index contributed by atoms with van der Waals surface area (Å²) in [6.07, 6.45) is -0.304. The first-order valence-corrected chi connectivity index (χ1v) is 8.03. The van der Waals surface area contributed by atoms with Crippen molar-refractivity contribution in [2.45, 2.75) is 18.8 Å². The van der Waals surface area contributed by atoms with Crippen LogP contribution in [0.3, 0.4) is 0 Å². The number of para-hydroxylation sites is 1. The zero-order valence-corrected chi connectivity index (χ0v) is 12.3. The number of nitrogens with zero attached hydrogens (tertiary/aromatic N) is 1. The lowest BCUT2D eigenvalue weighted by molar-refractivity contribution is -0.120. The number of sulfone groups is 1. The lowest BCUT2D eigenvalue weighted by Gasteiger charge is -2.10. The number of ether oxygens (including phenoxy) is 1. The number of hydrogen-bond acceptors (Lipinski definition) is 5. The minimum atomic E-state index is -3.68. The minimum absolute atomic E-state index is 0.0974.